The molecule has 0 amide bonds. The lowest BCUT2D eigenvalue weighted by Gasteiger charge is -2.43. The quantitative estimate of drug-likeness (QED) is 0.135. The molecule has 4 heteroatoms. The summed E-state index contributed by atoms with van der Waals surface area (Å²) in [7, 11) is -2.47. The summed E-state index contributed by atoms with van der Waals surface area (Å²) in [5.41, 5.74) is 1.36. The van der Waals surface area contributed by atoms with Crippen LogP contribution in [0.4, 0.5) is 0 Å². The normalized spacial score (nSPS) is 19.7. The Kier molecular flexibility index (Phi) is 10.4. The van der Waals surface area contributed by atoms with Crippen molar-refractivity contribution in [3.8, 4) is 0 Å². The number of hydrogen-bond donors (Lipinski definition) is 1. The number of rotatable bonds is 14. The minimum atomic E-state index is -2.47. The Morgan fingerprint density at radius 3 is 2.05 bits per heavy atom. The van der Waals surface area contributed by atoms with Gasteiger partial charge in [0, 0.05) is 18.2 Å². The van der Waals surface area contributed by atoms with E-state index in [1.807, 2.05) is 6.07 Å². The maximum atomic E-state index is 7.12. The van der Waals surface area contributed by atoms with Gasteiger partial charge < -0.3 is 14.5 Å². The SMILES string of the molecule is C=CC[C@]1(CCCCO[Si](c2ccccc2)(c2ccccc2)C(C)(C)C)CC[C@@H](COCc2ccccc2)N1. The lowest BCUT2D eigenvalue weighted by atomic mass is 9.87. The predicted molar refractivity (Wildman–Crippen MR) is 167 cm³/mol. The third-order valence-electron chi connectivity index (χ3n) is 8.23. The molecule has 0 radical (unpaired) electrons. The Hall–Kier alpha value is -2.50. The molecule has 2 atom stereocenters. The molecular formula is C35H47NO2Si. The summed E-state index contributed by atoms with van der Waals surface area (Å²) in [6.07, 6.45) is 8.74. The highest BCUT2D eigenvalue weighted by molar-refractivity contribution is 6.99. The lowest BCUT2D eigenvalue weighted by molar-refractivity contribution is 0.0989. The maximum Gasteiger partial charge on any atom is 0.261 e. The fourth-order valence-electron chi connectivity index (χ4n) is 6.33. The first kappa shape index (κ1) is 29.5. The van der Waals surface area contributed by atoms with E-state index >= 15 is 0 Å². The fourth-order valence-corrected chi connectivity index (χ4v) is 10.9. The van der Waals surface area contributed by atoms with Gasteiger partial charge in [-0.2, -0.15) is 0 Å². The van der Waals surface area contributed by atoms with Gasteiger partial charge in [0.1, 0.15) is 0 Å². The largest absolute Gasteiger partial charge is 0.407 e. The van der Waals surface area contributed by atoms with Gasteiger partial charge in [-0.3, -0.25) is 0 Å². The molecule has 1 N–H and O–H groups in total. The topological polar surface area (TPSA) is 30.5 Å². The average Bonchev–Trinajstić information content (AvgIpc) is 3.34. The van der Waals surface area contributed by atoms with Crippen LogP contribution in [0.25, 0.3) is 0 Å². The molecule has 1 aliphatic rings. The first-order valence-electron chi connectivity index (χ1n) is 14.6. The van der Waals surface area contributed by atoms with Crippen molar-refractivity contribution in [2.75, 3.05) is 13.2 Å². The Labute approximate surface area is 237 Å². The van der Waals surface area contributed by atoms with Crippen molar-refractivity contribution in [3.05, 3.63) is 109 Å². The number of ether oxygens (including phenoxy) is 1. The Bertz CT molecular complexity index is 1090. The Morgan fingerprint density at radius 1 is 0.897 bits per heavy atom. The third-order valence-corrected chi connectivity index (χ3v) is 13.3. The van der Waals surface area contributed by atoms with E-state index < -0.39 is 8.32 Å². The molecule has 0 bridgehead atoms. The molecule has 0 unspecified atom stereocenters. The van der Waals surface area contributed by atoms with E-state index in [1.165, 1.54) is 22.4 Å². The monoisotopic (exact) mass is 541 g/mol. The molecule has 3 nitrogen and oxygen atoms in total. The van der Waals surface area contributed by atoms with Gasteiger partial charge in [-0.05, 0) is 59.5 Å². The van der Waals surface area contributed by atoms with E-state index in [9.17, 15) is 0 Å². The molecule has 0 aliphatic carbocycles. The van der Waals surface area contributed by atoms with Crippen LogP contribution in [0, 0.1) is 0 Å². The lowest BCUT2D eigenvalue weighted by Crippen LogP contribution is -2.66. The van der Waals surface area contributed by atoms with Crippen LogP contribution in [0.3, 0.4) is 0 Å². The number of benzene rings is 3. The van der Waals surface area contributed by atoms with Crippen molar-refractivity contribution in [3.63, 3.8) is 0 Å². The van der Waals surface area contributed by atoms with Crippen molar-refractivity contribution >= 4 is 18.7 Å². The summed E-state index contributed by atoms with van der Waals surface area (Å²) in [4.78, 5) is 0. The first-order chi connectivity index (χ1) is 18.9. The summed E-state index contributed by atoms with van der Waals surface area (Å²) in [5.74, 6) is 0. The highest BCUT2D eigenvalue weighted by Crippen LogP contribution is 2.37. The number of nitrogens with one attached hydrogen (secondary N) is 1. The zero-order chi connectivity index (χ0) is 27.6. The second-order valence-corrected chi connectivity index (χ2v) is 16.4. The van der Waals surface area contributed by atoms with E-state index in [4.69, 9.17) is 9.16 Å². The van der Waals surface area contributed by atoms with Crippen LogP contribution in [-0.2, 0) is 15.8 Å². The molecule has 3 aromatic carbocycles. The predicted octanol–water partition coefficient (Wildman–Crippen LogP) is 7.02. The van der Waals surface area contributed by atoms with Gasteiger partial charge in [0.15, 0.2) is 0 Å². The molecule has 0 spiro atoms. The van der Waals surface area contributed by atoms with E-state index in [0.29, 0.717) is 12.6 Å². The van der Waals surface area contributed by atoms with Crippen LogP contribution in [0.1, 0.15) is 64.9 Å². The Balaban J connectivity index is 1.35. The molecule has 1 aliphatic heterocycles. The summed E-state index contributed by atoms with van der Waals surface area (Å²) < 4.78 is 13.2. The van der Waals surface area contributed by atoms with Crippen molar-refractivity contribution in [2.24, 2.45) is 0 Å². The molecule has 4 rings (SSSR count). The van der Waals surface area contributed by atoms with E-state index in [2.05, 4.69) is 124 Å². The standard InChI is InChI=1S/C35H47NO2Si/c1-5-24-35(26-23-31(36-35)29-37-28-30-17-9-6-10-18-30)25-15-16-27-38-39(34(2,3)4,32-19-11-7-12-20-32)33-21-13-8-14-22-33/h5-14,17-22,31,36H,1,15-16,23-29H2,2-4H3/t31-,35-/m0/s1. The van der Waals surface area contributed by atoms with Gasteiger partial charge in [-0.25, -0.2) is 0 Å². The average molecular weight is 542 g/mol. The van der Waals surface area contributed by atoms with E-state index in [1.54, 1.807) is 0 Å². The van der Waals surface area contributed by atoms with Crippen LogP contribution >= 0.6 is 0 Å². The highest BCUT2D eigenvalue weighted by atomic mass is 28.4. The van der Waals surface area contributed by atoms with Crippen LogP contribution in [-0.4, -0.2) is 33.1 Å². The second kappa shape index (κ2) is 13.7. The molecule has 1 fully saturated rings. The minimum absolute atomic E-state index is 0.0136. The van der Waals surface area contributed by atoms with E-state index in [0.717, 1.165) is 45.3 Å². The molecule has 1 heterocycles. The highest BCUT2D eigenvalue weighted by Gasteiger charge is 2.50. The van der Waals surface area contributed by atoms with Crippen molar-refractivity contribution in [2.45, 2.75) is 82.5 Å². The van der Waals surface area contributed by atoms with Crippen LogP contribution in [0.5, 0.6) is 0 Å². The smallest absolute Gasteiger partial charge is 0.261 e. The molecular weight excluding hydrogens is 494 g/mol. The summed E-state index contributed by atoms with van der Waals surface area (Å²) in [6, 6.07) is 32.7. The molecule has 0 saturated carbocycles. The first-order valence-corrected chi connectivity index (χ1v) is 16.5. The number of hydrogen-bond acceptors (Lipinski definition) is 3. The van der Waals surface area contributed by atoms with Crippen molar-refractivity contribution < 1.29 is 9.16 Å². The molecule has 1 saturated heterocycles. The molecule has 3 aromatic rings. The molecule has 208 valence electrons. The van der Waals surface area contributed by atoms with Crippen LogP contribution in [0.2, 0.25) is 5.04 Å². The van der Waals surface area contributed by atoms with E-state index in [-0.39, 0.29) is 10.6 Å². The van der Waals surface area contributed by atoms with Crippen LogP contribution in [0.15, 0.2) is 104 Å². The summed E-state index contributed by atoms with van der Waals surface area (Å²) in [5, 5.41) is 6.66. The molecule has 0 aromatic heterocycles. The van der Waals surface area contributed by atoms with Gasteiger partial charge in [0.25, 0.3) is 8.32 Å². The Morgan fingerprint density at radius 2 is 1.49 bits per heavy atom. The summed E-state index contributed by atoms with van der Waals surface area (Å²) in [6.45, 7) is 13.3. The van der Waals surface area contributed by atoms with Gasteiger partial charge >= 0.3 is 0 Å². The zero-order valence-electron chi connectivity index (χ0n) is 24.2. The van der Waals surface area contributed by atoms with Crippen molar-refractivity contribution in [1.82, 2.24) is 5.32 Å². The second-order valence-electron chi connectivity index (χ2n) is 12.1. The maximum absolute atomic E-state index is 7.12. The fraction of sp³-hybridized carbons (Fsp3) is 0.429. The van der Waals surface area contributed by atoms with Crippen molar-refractivity contribution in [1.29, 1.82) is 0 Å². The van der Waals surface area contributed by atoms with Gasteiger partial charge in [0.05, 0.1) is 13.2 Å². The summed E-state index contributed by atoms with van der Waals surface area (Å²) >= 11 is 0. The van der Waals surface area contributed by atoms with Gasteiger partial charge in [-0.15, -0.1) is 6.58 Å². The molecule has 39 heavy (non-hydrogen) atoms. The number of unbranched alkanes of at least 4 members (excludes halogenated alkanes) is 1. The zero-order valence-corrected chi connectivity index (χ0v) is 25.2. The third kappa shape index (κ3) is 7.37. The van der Waals surface area contributed by atoms with Crippen LogP contribution < -0.4 is 15.7 Å². The minimum Gasteiger partial charge on any atom is -0.407 e. The van der Waals surface area contributed by atoms with Gasteiger partial charge in [-0.1, -0.05) is 118 Å². The van der Waals surface area contributed by atoms with Gasteiger partial charge in [0.2, 0.25) is 0 Å².